The molecule has 18 heavy (non-hydrogen) atoms. The lowest BCUT2D eigenvalue weighted by molar-refractivity contribution is -0.139. The summed E-state index contributed by atoms with van der Waals surface area (Å²) in [7, 11) is 0. The van der Waals surface area contributed by atoms with Gasteiger partial charge < -0.3 is 9.64 Å². The minimum Gasteiger partial charge on any atom is -0.426 e. The standard InChI is InChI=1S/C15H21NO2/c1-13(12-16-10-6-3-7-11-16)15(17)18-14-8-4-2-5-9-14/h2,4-5,8-9,13H,3,6-7,10-12H2,1H3/t13-/m0/s1. The number of likely N-dealkylation sites (tertiary alicyclic amines) is 1. The Labute approximate surface area is 109 Å². The van der Waals surface area contributed by atoms with Crippen LogP contribution in [-0.2, 0) is 4.79 Å². The average Bonchev–Trinajstić information content (AvgIpc) is 2.41. The van der Waals surface area contributed by atoms with Crippen molar-refractivity contribution in [3.8, 4) is 5.75 Å². The zero-order chi connectivity index (χ0) is 12.8. The van der Waals surface area contributed by atoms with Gasteiger partial charge in [-0.05, 0) is 38.1 Å². The number of carbonyl (C=O) groups excluding carboxylic acids is 1. The van der Waals surface area contributed by atoms with Gasteiger partial charge in [-0.2, -0.15) is 0 Å². The molecule has 1 aromatic rings. The number of hydrogen-bond donors (Lipinski definition) is 0. The number of benzene rings is 1. The molecule has 0 amide bonds. The molecule has 0 unspecified atom stereocenters. The quantitative estimate of drug-likeness (QED) is 0.605. The predicted molar refractivity (Wildman–Crippen MR) is 71.5 cm³/mol. The van der Waals surface area contributed by atoms with Gasteiger partial charge in [0.2, 0.25) is 0 Å². The van der Waals surface area contributed by atoms with Crippen molar-refractivity contribution in [3.05, 3.63) is 30.3 Å². The molecule has 1 fully saturated rings. The molecule has 0 bridgehead atoms. The first kappa shape index (κ1) is 13.1. The number of rotatable bonds is 4. The van der Waals surface area contributed by atoms with E-state index in [1.807, 2.05) is 37.3 Å². The highest BCUT2D eigenvalue weighted by Crippen LogP contribution is 2.14. The summed E-state index contributed by atoms with van der Waals surface area (Å²) >= 11 is 0. The monoisotopic (exact) mass is 247 g/mol. The molecule has 1 aromatic carbocycles. The molecule has 3 heteroatoms. The van der Waals surface area contributed by atoms with Crippen molar-refractivity contribution in [1.29, 1.82) is 0 Å². The SMILES string of the molecule is C[C@@H](CN1CCCCC1)C(=O)Oc1ccccc1. The molecule has 0 saturated carbocycles. The maximum Gasteiger partial charge on any atom is 0.315 e. The third-order valence-electron chi connectivity index (χ3n) is 3.34. The van der Waals surface area contributed by atoms with Gasteiger partial charge in [-0.1, -0.05) is 31.5 Å². The van der Waals surface area contributed by atoms with Crippen molar-refractivity contribution in [2.24, 2.45) is 5.92 Å². The van der Waals surface area contributed by atoms with Gasteiger partial charge in [0.25, 0.3) is 0 Å². The maximum absolute atomic E-state index is 11.9. The molecular weight excluding hydrogens is 226 g/mol. The van der Waals surface area contributed by atoms with Crippen molar-refractivity contribution in [2.75, 3.05) is 19.6 Å². The summed E-state index contributed by atoms with van der Waals surface area (Å²) in [6.07, 6.45) is 3.82. The third kappa shape index (κ3) is 3.84. The first-order valence-corrected chi connectivity index (χ1v) is 6.75. The van der Waals surface area contributed by atoms with Crippen LogP contribution in [-0.4, -0.2) is 30.5 Å². The fourth-order valence-corrected chi connectivity index (χ4v) is 2.31. The van der Waals surface area contributed by atoms with Crippen molar-refractivity contribution in [3.63, 3.8) is 0 Å². The summed E-state index contributed by atoms with van der Waals surface area (Å²) < 4.78 is 5.35. The smallest absolute Gasteiger partial charge is 0.315 e. The summed E-state index contributed by atoms with van der Waals surface area (Å²) in [6, 6.07) is 9.28. The van der Waals surface area contributed by atoms with Crippen LogP contribution in [0.15, 0.2) is 30.3 Å². The molecule has 0 aromatic heterocycles. The van der Waals surface area contributed by atoms with Gasteiger partial charge >= 0.3 is 5.97 Å². The summed E-state index contributed by atoms with van der Waals surface area (Å²) in [5.41, 5.74) is 0. The molecule has 0 N–H and O–H groups in total. The number of ether oxygens (including phenoxy) is 1. The minimum atomic E-state index is -0.133. The lowest BCUT2D eigenvalue weighted by atomic mass is 10.1. The molecule has 1 atom stereocenters. The summed E-state index contributed by atoms with van der Waals surface area (Å²) in [4.78, 5) is 14.3. The van der Waals surface area contributed by atoms with Crippen LogP contribution in [0.2, 0.25) is 0 Å². The van der Waals surface area contributed by atoms with Gasteiger partial charge in [-0.15, -0.1) is 0 Å². The zero-order valence-electron chi connectivity index (χ0n) is 11.0. The molecule has 0 spiro atoms. The fraction of sp³-hybridized carbons (Fsp3) is 0.533. The van der Waals surface area contributed by atoms with E-state index in [9.17, 15) is 4.79 Å². The van der Waals surface area contributed by atoms with E-state index in [0.717, 1.165) is 19.6 Å². The van der Waals surface area contributed by atoms with Crippen LogP contribution in [0, 0.1) is 5.92 Å². The molecule has 3 nitrogen and oxygen atoms in total. The molecule has 1 aliphatic heterocycles. The van der Waals surface area contributed by atoms with Gasteiger partial charge in [0.15, 0.2) is 0 Å². The van der Waals surface area contributed by atoms with E-state index in [4.69, 9.17) is 4.74 Å². The van der Waals surface area contributed by atoms with Crippen molar-refractivity contribution in [1.82, 2.24) is 4.90 Å². The Balaban J connectivity index is 1.81. The Morgan fingerprint density at radius 2 is 1.89 bits per heavy atom. The lowest BCUT2D eigenvalue weighted by Gasteiger charge is -2.28. The predicted octanol–water partition coefficient (Wildman–Crippen LogP) is 2.71. The number of nitrogens with zero attached hydrogens (tertiary/aromatic N) is 1. The Morgan fingerprint density at radius 1 is 1.22 bits per heavy atom. The van der Waals surface area contributed by atoms with Crippen molar-refractivity contribution in [2.45, 2.75) is 26.2 Å². The average molecular weight is 247 g/mol. The zero-order valence-corrected chi connectivity index (χ0v) is 11.0. The Hall–Kier alpha value is -1.35. The van der Waals surface area contributed by atoms with E-state index in [1.54, 1.807) is 0 Å². The van der Waals surface area contributed by atoms with Gasteiger partial charge in [-0.25, -0.2) is 0 Å². The van der Waals surface area contributed by atoms with Crippen LogP contribution in [0.5, 0.6) is 5.75 Å². The van der Waals surface area contributed by atoms with Crippen LogP contribution in [0.1, 0.15) is 26.2 Å². The second-order valence-corrected chi connectivity index (χ2v) is 5.00. The van der Waals surface area contributed by atoms with Crippen LogP contribution < -0.4 is 4.74 Å². The summed E-state index contributed by atoms with van der Waals surface area (Å²) in [5.74, 6) is 0.433. The number of para-hydroxylation sites is 1. The topological polar surface area (TPSA) is 29.5 Å². The van der Waals surface area contributed by atoms with Gasteiger partial charge in [-0.3, -0.25) is 4.79 Å². The third-order valence-corrected chi connectivity index (χ3v) is 3.34. The molecule has 98 valence electrons. The molecule has 0 radical (unpaired) electrons. The van der Waals surface area contributed by atoms with E-state index in [-0.39, 0.29) is 11.9 Å². The normalized spacial score (nSPS) is 18.3. The van der Waals surface area contributed by atoms with E-state index < -0.39 is 0 Å². The summed E-state index contributed by atoms with van der Waals surface area (Å²) in [6.45, 7) is 4.98. The maximum atomic E-state index is 11.9. The highest BCUT2D eigenvalue weighted by Gasteiger charge is 2.20. The lowest BCUT2D eigenvalue weighted by Crippen LogP contribution is -2.36. The van der Waals surface area contributed by atoms with Crippen molar-refractivity contribution >= 4 is 5.97 Å². The van der Waals surface area contributed by atoms with Gasteiger partial charge in [0.1, 0.15) is 5.75 Å². The minimum absolute atomic E-state index is 0.0664. The second-order valence-electron chi connectivity index (χ2n) is 5.00. The van der Waals surface area contributed by atoms with E-state index in [1.165, 1.54) is 19.3 Å². The van der Waals surface area contributed by atoms with E-state index in [0.29, 0.717) is 5.75 Å². The van der Waals surface area contributed by atoms with Crippen molar-refractivity contribution < 1.29 is 9.53 Å². The van der Waals surface area contributed by atoms with Crippen LogP contribution >= 0.6 is 0 Å². The number of hydrogen-bond acceptors (Lipinski definition) is 3. The Kier molecular flexibility index (Phi) is 4.76. The van der Waals surface area contributed by atoms with Gasteiger partial charge in [0, 0.05) is 6.54 Å². The molecule has 1 saturated heterocycles. The summed E-state index contributed by atoms with van der Waals surface area (Å²) in [5, 5.41) is 0. The highest BCUT2D eigenvalue weighted by molar-refractivity contribution is 5.74. The molecule has 1 heterocycles. The van der Waals surface area contributed by atoms with E-state index in [2.05, 4.69) is 4.90 Å². The number of carbonyl (C=O) groups is 1. The van der Waals surface area contributed by atoms with E-state index >= 15 is 0 Å². The second kappa shape index (κ2) is 6.55. The first-order chi connectivity index (χ1) is 8.75. The number of esters is 1. The Morgan fingerprint density at radius 3 is 2.56 bits per heavy atom. The van der Waals surface area contributed by atoms with Crippen LogP contribution in [0.3, 0.4) is 0 Å². The largest absolute Gasteiger partial charge is 0.426 e. The Bertz CT molecular complexity index is 371. The molecule has 1 aliphatic rings. The van der Waals surface area contributed by atoms with Gasteiger partial charge in [0.05, 0.1) is 5.92 Å². The van der Waals surface area contributed by atoms with Crippen LogP contribution in [0.25, 0.3) is 0 Å². The molecule has 0 aliphatic carbocycles. The molecular formula is C15H21NO2. The fourth-order valence-electron chi connectivity index (χ4n) is 2.31. The van der Waals surface area contributed by atoms with Crippen LogP contribution in [0.4, 0.5) is 0 Å². The first-order valence-electron chi connectivity index (χ1n) is 6.75. The number of piperidine rings is 1. The highest BCUT2D eigenvalue weighted by atomic mass is 16.5. The molecule has 2 rings (SSSR count).